The van der Waals surface area contributed by atoms with Crippen LogP contribution in [0.2, 0.25) is 0 Å². The van der Waals surface area contributed by atoms with Crippen molar-refractivity contribution in [1.29, 1.82) is 0 Å². The van der Waals surface area contributed by atoms with E-state index in [0.717, 1.165) is 19.4 Å². The zero-order valence-corrected chi connectivity index (χ0v) is 13.3. The quantitative estimate of drug-likeness (QED) is 0.847. The van der Waals surface area contributed by atoms with Crippen molar-refractivity contribution in [3.63, 3.8) is 0 Å². The zero-order valence-electron chi connectivity index (χ0n) is 13.3. The molecule has 1 N–H and O–H groups in total. The lowest BCUT2D eigenvalue weighted by atomic mass is 9.96. The first-order chi connectivity index (χ1) is 9.76. The van der Waals surface area contributed by atoms with Gasteiger partial charge in [0.05, 0.1) is 12.2 Å². The van der Waals surface area contributed by atoms with Gasteiger partial charge < -0.3 is 14.8 Å². The van der Waals surface area contributed by atoms with Crippen molar-refractivity contribution in [2.75, 3.05) is 6.61 Å². The molecule has 4 heteroatoms. The number of carbonyl (C=O) groups excluding carboxylic acids is 1. The fourth-order valence-corrected chi connectivity index (χ4v) is 2.31. The first-order valence-electron chi connectivity index (χ1n) is 7.43. The summed E-state index contributed by atoms with van der Waals surface area (Å²) in [6.07, 6.45) is 1.20. The Morgan fingerprint density at radius 1 is 1.38 bits per heavy atom. The minimum absolute atomic E-state index is 0.00903. The first-order valence-corrected chi connectivity index (χ1v) is 7.43. The number of amides is 1. The highest BCUT2D eigenvalue weighted by Crippen LogP contribution is 2.32. The number of rotatable bonds is 5. The number of hydrogen-bond donors (Lipinski definition) is 1. The van der Waals surface area contributed by atoms with E-state index in [1.165, 1.54) is 5.56 Å². The molecule has 21 heavy (non-hydrogen) atoms. The molecular weight excluding hydrogens is 266 g/mol. The van der Waals surface area contributed by atoms with Gasteiger partial charge in [0.1, 0.15) is 5.60 Å². The van der Waals surface area contributed by atoms with Crippen LogP contribution in [0.15, 0.2) is 30.3 Å². The van der Waals surface area contributed by atoms with Gasteiger partial charge in [-0.05, 0) is 46.1 Å². The molecule has 116 valence electrons. The molecule has 0 spiro atoms. The third kappa shape index (κ3) is 5.76. The minimum Gasteiger partial charge on any atom is -0.444 e. The monoisotopic (exact) mass is 291 g/mol. The Labute approximate surface area is 126 Å². The maximum atomic E-state index is 12.0. The molecule has 0 aliphatic carbocycles. The Morgan fingerprint density at radius 2 is 2.00 bits per heavy atom. The van der Waals surface area contributed by atoms with Gasteiger partial charge in [-0.25, -0.2) is 4.79 Å². The van der Waals surface area contributed by atoms with Crippen LogP contribution in [-0.2, 0) is 15.9 Å². The predicted octanol–water partition coefficient (Wildman–Crippen LogP) is 3.30. The van der Waals surface area contributed by atoms with E-state index in [0.29, 0.717) is 0 Å². The van der Waals surface area contributed by atoms with Crippen molar-refractivity contribution in [1.82, 2.24) is 5.32 Å². The lowest BCUT2D eigenvalue weighted by Crippen LogP contribution is -2.42. The van der Waals surface area contributed by atoms with Gasteiger partial charge in [0, 0.05) is 6.04 Å². The fraction of sp³-hybridized carbons (Fsp3) is 0.588. The van der Waals surface area contributed by atoms with Gasteiger partial charge >= 0.3 is 6.09 Å². The molecule has 4 nitrogen and oxygen atoms in total. The second-order valence-electron chi connectivity index (χ2n) is 6.98. The van der Waals surface area contributed by atoms with Crippen molar-refractivity contribution in [3.8, 4) is 0 Å². The molecule has 2 atom stereocenters. The summed E-state index contributed by atoms with van der Waals surface area (Å²) in [5, 5.41) is 2.98. The molecule has 1 fully saturated rings. The molecule has 0 saturated carbocycles. The second kappa shape index (κ2) is 6.06. The predicted molar refractivity (Wildman–Crippen MR) is 82.3 cm³/mol. The minimum atomic E-state index is -0.485. The van der Waals surface area contributed by atoms with Crippen LogP contribution in [0.1, 0.15) is 39.7 Å². The molecule has 1 aromatic rings. The zero-order chi connectivity index (χ0) is 15.5. The van der Waals surface area contributed by atoms with E-state index in [9.17, 15) is 4.79 Å². The van der Waals surface area contributed by atoms with Crippen molar-refractivity contribution < 1.29 is 14.3 Å². The Balaban J connectivity index is 1.97. The van der Waals surface area contributed by atoms with E-state index in [2.05, 4.69) is 24.4 Å². The molecule has 2 rings (SSSR count). The van der Waals surface area contributed by atoms with E-state index >= 15 is 0 Å². The normalized spacial score (nSPS) is 22.5. The summed E-state index contributed by atoms with van der Waals surface area (Å²) in [5.74, 6) is 0. The van der Waals surface area contributed by atoms with Crippen molar-refractivity contribution >= 4 is 6.09 Å². The van der Waals surface area contributed by atoms with Gasteiger partial charge in [0.15, 0.2) is 0 Å². The van der Waals surface area contributed by atoms with E-state index in [1.54, 1.807) is 0 Å². The van der Waals surface area contributed by atoms with Crippen LogP contribution in [0.3, 0.4) is 0 Å². The lowest BCUT2D eigenvalue weighted by Gasteiger charge is -2.24. The molecule has 1 saturated heterocycles. The third-order valence-corrected chi connectivity index (χ3v) is 3.36. The van der Waals surface area contributed by atoms with E-state index in [-0.39, 0.29) is 17.7 Å². The van der Waals surface area contributed by atoms with Crippen LogP contribution in [-0.4, -0.2) is 29.9 Å². The van der Waals surface area contributed by atoms with Gasteiger partial charge in [-0.3, -0.25) is 0 Å². The number of nitrogens with one attached hydrogen (secondary N) is 1. The molecule has 0 unspecified atom stereocenters. The van der Waals surface area contributed by atoms with Gasteiger partial charge in [0.2, 0.25) is 0 Å². The summed E-state index contributed by atoms with van der Waals surface area (Å²) >= 11 is 0. The standard InChI is InChI=1S/C17H25NO3/c1-16(2,3)21-15(19)18-14(11-17(4)12-20-17)10-13-8-6-5-7-9-13/h5-9,14H,10-12H2,1-4H3,(H,18,19)/t14-,17+/m0/s1. The van der Waals surface area contributed by atoms with Gasteiger partial charge in [-0.2, -0.15) is 0 Å². The van der Waals surface area contributed by atoms with Crippen molar-refractivity contribution in [2.24, 2.45) is 0 Å². The summed E-state index contributed by atoms with van der Waals surface area (Å²) in [6, 6.07) is 10.2. The Bertz CT molecular complexity index is 475. The van der Waals surface area contributed by atoms with E-state index in [1.807, 2.05) is 39.0 Å². The first kappa shape index (κ1) is 15.8. The number of carbonyl (C=O) groups is 1. The smallest absolute Gasteiger partial charge is 0.407 e. The number of epoxide rings is 1. The highest BCUT2D eigenvalue weighted by molar-refractivity contribution is 5.68. The number of ether oxygens (including phenoxy) is 2. The fourth-order valence-electron chi connectivity index (χ4n) is 2.31. The summed E-state index contributed by atoms with van der Waals surface area (Å²) in [7, 11) is 0. The molecule has 1 aromatic carbocycles. The molecule has 0 bridgehead atoms. The largest absolute Gasteiger partial charge is 0.444 e. The summed E-state index contributed by atoms with van der Waals surface area (Å²) < 4.78 is 10.8. The van der Waals surface area contributed by atoms with Crippen LogP contribution in [0, 0.1) is 0 Å². The topological polar surface area (TPSA) is 50.9 Å². The molecule has 0 radical (unpaired) electrons. The third-order valence-electron chi connectivity index (χ3n) is 3.36. The Hall–Kier alpha value is -1.55. The highest BCUT2D eigenvalue weighted by atomic mass is 16.6. The summed E-state index contributed by atoms with van der Waals surface area (Å²) in [5.41, 5.74) is 0.610. The molecular formula is C17H25NO3. The van der Waals surface area contributed by atoms with Crippen LogP contribution < -0.4 is 5.32 Å². The molecule has 1 aliphatic heterocycles. The Kier molecular flexibility index (Phi) is 4.57. The van der Waals surface area contributed by atoms with Gasteiger partial charge in [0.25, 0.3) is 0 Å². The molecule has 0 aromatic heterocycles. The summed E-state index contributed by atoms with van der Waals surface area (Å²) in [4.78, 5) is 12.0. The highest BCUT2D eigenvalue weighted by Gasteiger charge is 2.41. The number of alkyl carbamates (subject to hydrolysis) is 1. The van der Waals surface area contributed by atoms with E-state index < -0.39 is 5.60 Å². The molecule has 1 aliphatic rings. The van der Waals surface area contributed by atoms with Crippen molar-refractivity contribution in [2.45, 2.75) is 57.8 Å². The second-order valence-corrected chi connectivity index (χ2v) is 6.98. The average Bonchev–Trinajstić information content (AvgIpc) is 3.05. The van der Waals surface area contributed by atoms with Crippen LogP contribution in [0.25, 0.3) is 0 Å². The van der Waals surface area contributed by atoms with E-state index in [4.69, 9.17) is 9.47 Å². The number of hydrogen-bond acceptors (Lipinski definition) is 3. The van der Waals surface area contributed by atoms with Gasteiger partial charge in [-0.1, -0.05) is 30.3 Å². The molecule has 1 heterocycles. The maximum Gasteiger partial charge on any atom is 0.407 e. The van der Waals surface area contributed by atoms with Crippen LogP contribution in [0.5, 0.6) is 0 Å². The number of benzene rings is 1. The maximum absolute atomic E-state index is 12.0. The van der Waals surface area contributed by atoms with Crippen LogP contribution >= 0.6 is 0 Å². The van der Waals surface area contributed by atoms with Crippen LogP contribution in [0.4, 0.5) is 4.79 Å². The Morgan fingerprint density at radius 3 is 2.52 bits per heavy atom. The SMILES string of the molecule is CC(C)(C)OC(=O)N[C@@H](Cc1ccccc1)C[C@]1(C)CO1. The van der Waals surface area contributed by atoms with Crippen molar-refractivity contribution in [3.05, 3.63) is 35.9 Å². The van der Waals surface area contributed by atoms with Gasteiger partial charge in [-0.15, -0.1) is 0 Å². The molecule has 1 amide bonds. The average molecular weight is 291 g/mol. The lowest BCUT2D eigenvalue weighted by molar-refractivity contribution is 0.0496. The summed E-state index contributed by atoms with van der Waals surface area (Å²) in [6.45, 7) is 8.42.